The molecular weight excluding hydrogens is 286 g/mol. The van der Waals surface area contributed by atoms with Crippen molar-refractivity contribution in [1.29, 1.82) is 0 Å². The molecule has 3 heterocycles. The highest BCUT2D eigenvalue weighted by molar-refractivity contribution is 7.09. The molecule has 1 fully saturated rings. The van der Waals surface area contributed by atoms with Crippen molar-refractivity contribution in [2.24, 2.45) is 7.05 Å². The SMILES string of the molecule is Cc1nc(-c2cc(C(=O)N3CCC(O)CC3)n(C)c2)cs1. The molecule has 0 aromatic carbocycles. The van der Waals surface area contributed by atoms with Crippen molar-refractivity contribution >= 4 is 17.2 Å². The molecule has 1 N–H and O–H groups in total. The molecule has 5 nitrogen and oxygen atoms in total. The standard InChI is InChI=1S/C15H19N3O2S/c1-10-16-13(9-21-10)11-7-14(17(2)8-11)15(20)18-5-3-12(19)4-6-18/h7-9,12,19H,3-6H2,1-2H3. The number of rotatable bonds is 2. The van der Waals surface area contributed by atoms with Crippen LogP contribution in [0.5, 0.6) is 0 Å². The Morgan fingerprint density at radius 2 is 2.14 bits per heavy atom. The van der Waals surface area contributed by atoms with E-state index in [1.165, 1.54) is 0 Å². The highest BCUT2D eigenvalue weighted by atomic mass is 32.1. The summed E-state index contributed by atoms with van der Waals surface area (Å²) in [5.74, 6) is 0.0302. The first kappa shape index (κ1) is 14.3. The Bertz CT molecular complexity index is 654. The molecule has 112 valence electrons. The summed E-state index contributed by atoms with van der Waals surface area (Å²) in [6, 6.07) is 1.90. The normalized spacial score (nSPS) is 16.4. The number of piperidine rings is 1. The van der Waals surface area contributed by atoms with Crippen LogP contribution in [0.3, 0.4) is 0 Å². The number of carbonyl (C=O) groups excluding carboxylic acids is 1. The summed E-state index contributed by atoms with van der Waals surface area (Å²) in [4.78, 5) is 18.9. The van der Waals surface area contributed by atoms with Crippen LogP contribution in [0.2, 0.25) is 0 Å². The van der Waals surface area contributed by atoms with E-state index < -0.39 is 0 Å². The Balaban J connectivity index is 1.82. The van der Waals surface area contributed by atoms with Gasteiger partial charge in [-0.25, -0.2) is 4.98 Å². The topological polar surface area (TPSA) is 58.4 Å². The van der Waals surface area contributed by atoms with Crippen LogP contribution >= 0.6 is 11.3 Å². The fourth-order valence-corrected chi connectivity index (χ4v) is 3.27. The second kappa shape index (κ2) is 5.61. The number of nitrogens with zero attached hydrogens (tertiary/aromatic N) is 3. The van der Waals surface area contributed by atoms with Gasteiger partial charge in [-0.1, -0.05) is 0 Å². The number of carbonyl (C=O) groups is 1. The summed E-state index contributed by atoms with van der Waals surface area (Å²) in [7, 11) is 1.88. The summed E-state index contributed by atoms with van der Waals surface area (Å²) in [5, 5.41) is 12.6. The number of hydrogen-bond acceptors (Lipinski definition) is 4. The Hall–Kier alpha value is -1.66. The first-order valence-corrected chi connectivity index (χ1v) is 7.99. The highest BCUT2D eigenvalue weighted by Gasteiger charge is 2.24. The third-order valence-electron chi connectivity index (χ3n) is 3.89. The van der Waals surface area contributed by atoms with Crippen LogP contribution in [0.1, 0.15) is 28.3 Å². The molecule has 1 amide bonds. The molecule has 21 heavy (non-hydrogen) atoms. The van der Waals surface area contributed by atoms with Crippen molar-refractivity contribution in [1.82, 2.24) is 14.5 Å². The third-order valence-corrected chi connectivity index (χ3v) is 4.66. The lowest BCUT2D eigenvalue weighted by molar-refractivity contribution is 0.0538. The van der Waals surface area contributed by atoms with E-state index >= 15 is 0 Å². The number of thiazole rings is 1. The van der Waals surface area contributed by atoms with Gasteiger partial charge in [0, 0.05) is 37.3 Å². The number of aliphatic hydroxyl groups is 1. The molecule has 0 spiro atoms. The van der Waals surface area contributed by atoms with Crippen LogP contribution in [-0.2, 0) is 7.05 Å². The quantitative estimate of drug-likeness (QED) is 0.924. The Labute approximate surface area is 127 Å². The molecule has 0 saturated carbocycles. The van der Waals surface area contributed by atoms with Gasteiger partial charge in [-0.05, 0) is 25.8 Å². The van der Waals surface area contributed by atoms with Crippen molar-refractivity contribution < 1.29 is 9.90 Å². The molecule has 1 saturated heterocycles. The second-order valence-corrected chi connectivity index (χ2v) is 6.56. The molecule has 0 aliphatic carbocycles. The minimum absolute atomic E-state index is 0.0302. The van der Waals surface area contributed by atoms with Crippen LogP contribution in [0.15, 0.2) is 17.6 Å². The smallest absolute Gasteiger partial charge is 0.270 e. The van der Waals surface area contributed by atoms with E-state index in [2.05, 4.69) is 4.98 Å². The van der Waals surface area contributed by atoms with Gasteiger partial charge in [0.1, 0.15) is 5.69 Å². The zero-order valence-electron chi connectivity index (χ0n) is 12.2. The summed E-state index contributed by atoms with van der Waals surface area (Å²) in [6.07, 6.45) is 3.00. The molecule has 0 radical (unpaired) electrons. The van der Waals surface area contributed by atoms with Crippen LogP contribution in [0, 0.1) is 6.92 Å². The fraction of sp³-hybridized carbons (Fsp3) is 0.467. The molecule has 3 rings (SSSR count). The average Bonchev–Trinajstić information content (AvgIpc) is 3.05. The lowest BCUT2D eigenvalue weighted by atomic mass is 10.1. The maximum atomic E-state index is 12.6. The van der Waals surface area contributed by atoms with Crippen molar-refractivity contribution in [3.05, 3.63) is 28.3 Å². The number of likely N-dealkylation sites (tertiary alicyclic amines) is 1. The number of amides is 1. The molecular formula is C15H19N3O2S. The maximum Gasteiger partial charge on any atom is 0.270 e. The zero-order valence-corrected chi connectivity index (χ0v) is 13.1. The molecule has 0 bridgehead atoms. The van der Waals surface area contributed by atoms with E-state index in [0.717, 1.165) is 16.3 Å². The van der Waals surface area contributed by atoms with Gasteiger partial charge in [-0.2, -0.15) is 0 Å². The van der Waals surface area contributed by atoms with E-state index in [1.54, 1.807) is 11.3 Å². The van der Waals surface area contributed by atoms with Crippen LogP contribution in [0.4, 0.5) is 0 Å². The predicted molar refractivity (Wildman–Crippen MR) is 82.4 cm³/mol. The van der Waals surface area contributed by atoms with E-state index in [9.17, 15) is 9.90 Å². The molecule has 0 unspecified atom stereocenters. The van der Waals surface area contributed by atoms with Gasteiger partial charge in [-0.3, -0.25) is 4.79 Å². The predicted octanol–water partition coefficient (Wildman–Crippen LogP) is 2.05. The molecule has 1 aliphatic rings. The van der Waals surface area contributed by atoms with Gasteiger partial charge in [0.15, 0.2) is 0 Å². The molecule has 1 aliphatic heterocycles. The average molecular weight is 305 g/mol. The summed E-state index contributed by atoms with van der Waals surface area (Å²) in [6.45, 7) is 3.22. The van der Waals surface area contributed by atoms with Crippen molar-refractivity contribution in [2.75, 3.05) is 13.1 Å². The summed E-state index contributed by atoms with van der Waals surface area (Å²) < 4.78 is 1.86. The van der Waals surface area contributed by atoms with Crippen LogP contribution in [-0.4, -0.2) is 44.7 Å². The molecule has 0 atom stereocenters. The third kappa shape index (κ3) is 2.87. The van der Waals surface area contributed by atoms with Gasteiger partial charge >= 0.3 is 0 Å². The lowest BCUT2D eigenvalue weighted by Crippen LogP contribution is -2.40. The number of hydrogen-bond donors (Lipinski definition) is 1. The maximum absolute atomic E-state index is 12.6. The minimum Gasteiger partial charge on any atom is -0.393 e. The molecule has 2 aromatic rings. The monoisotopic (exact) mass is 305 g/mol. The molecule has 2 aromatic heterocycles. The number of aryl methyl sites for hydroxylation is 2. The van der Waals surface area contributed by atoms with E-state index in [0.29, 0.717) is 31.6 Å². The van der Waals surface area contributed by atoms with E-state index in [4.69, 9.17) is 0 Å². The van der Waals surface area contributed by atoms with E-state index in [1.807, 2.05) is 41.1 Å². The van der Waals surface area contributed by atoms with Gasteiger partial charge in [-0.15, -0.1) is 11.3 Å². The first-order chi connectivity index (χ1) is 10.0. The summed E-state index contributed by atoms with van der Waals surface area (Å²) >= 11 is 1.61. The number of aromatic nitrogens is 2. The largest absolute Gasteiger partial charge is 0.393 e. The first-order valence-electron chi connectivity index (χ1n) is 7.11. The minimum atomic E-state index is -0.268. The fourth-order valence-electron chi connectivity index (χ4n) is 2.64. The van der Waals surface area contributed by atoms with Gasteiger partial charge in [0.25, 0.3) is 5.91 Å². The lowest BCUT2D eigenvalue weighted by Gasteiger charge is -2.29. The van der Waals surface area contributed by atoms with Crippen molar-refractivity contribution in [3.8, 4) is 11.3 Å². The van der Waals surface area contributed by atoms with Gasteiger partial charge < -0.3 is 14.6 Å². The number of aliphatic hydroxyl groups excluding tert-OH is 1. The van der Waals surface area contributed by atoms with Crippen molar-refractivity contribution in [2.45, 2.75) is 25.9 Å². The second-order valence-electron chi connectivity index (χ2n) is 5.50. The zero-order chi connectivity index (χ0) is 15.0. The highest BCUT2D eigenvalue weighted by Crippen LogP contribution is 2.24. The van der Waals surface area contributed by atoms with Crippen molar-refractivity contribution in [3.63, 3.8) is 0 Å². The van der Waals surface area contributed by atoms with Gasteiger partial charge in [0.05, 0.1) is 16.8 Å². The summed E-state index contributed by atoms with van der Waals surface area (Å²) in [5.41, 5.74) is 2.57. The Kier molecular flexibility index (Phi) is 3.82. The molecule has 6 heteroatoms. The van der Waals surface area contributed by atoms with E-state index in [-0.39, 0.29) is 12.0 Å². The Morgan fingerprint density at radius 1 is 1.43 bits per heavy atom. The van der Waals surface area contributed by atoms with Gasteiger partial charge in [0.2, 0.25) is 0 Å². The van der Waals surface area contributed by atoms with Crippen LogP contribution < -0.4 is 0 Å². The van der Waals surface area contributed by atoms with Crippen LogP contribution in [0.25, 0.3) is 11.3 Å². The Morgan fingerprint density at radius 3 is 2.76 bits per heavy atom.